The van der Waals surface area contributed by atoms with E-state index in [2.05, 4.69) is 41.8 Å². The number of rotatable bonds is 4. The van der Waals surface area contributed by atoms with Crippen LogP contribution in [-0.2, 0) is 11.3 Å². The Bertz CT molecular complexity index is 572. The molecule has 0 N–H and O–H groups in total. The quantitative estimate of drug-likeness (QED) is 0.852. The van der Waals surface area contributed by atoms with Crippen LogP contribution in [0.5, 0.6) is 0 Å². The molecule has 0 aromatic heterocycles. The summed E-state index contributed by atoms with van der Waals surface area (Å²) in [6, 6.07) is 10.2. The predicted molar refractivity (Wildman–Crippen MR) is 95.7 cm³/mol. The molecule has 1 aromatic rings. The molecule has 130 valence electrons. The van der Waals surface area contributed by atoms with Gasteiger partial charge in [0.2, 0.25) is 0 Å². The van der Waals surface area contributed by atoms with Gasteiger partial charge in [0, 0.05) is 44.9 Å². The topological polar surface area (TPSA) is 39.5 Å². The first kappa shape index (κ1) is 17.4. The highest BCUT2D eigenvalue weighted by molar-refractivity contribution is 5.31. The molecule has 4 heteroatoms. The Balaban J connectivity index is 1.55. The number of benzene rings is 1. The summed E-state index contributed by atoms with van der Waals surface area (Å²) in [5.74, 6) is 0. The van der Waals surface area contributed by atoms with E-state index < -0.39 is 0 Å². The van der Waals surface area contributed by atoms with Gasteiger partial charge in [-0.05, 0) is 43.9 Å². The van der Waals surface area contributed by atoms with Crippen LogP contribution in [-0.4, -0.2) is 54.2 Å². The Morgan fingerprint density at radius 3 is 2.50 bits per heavy atom. The zero-order chi connectivity index (χ0) is 17.0. The molecule has 0 saturated carbocycles. The van der Waals surface area contributed by atoms with Gasteiger partial charge < -0.3 is 4.74 Å². The lowest BCUT2D eigenvalue weighted by Crippen LogP contribution is -2.59. The first-order chi connectivity index (χ1) is 11.6. The number of hydrogen-bond acceptors (Lipinski definition) is 4. The summed E-state index contributed by atoms with van der Waals surface area (Å²) in [4.78, 5) is 5.26. The lowest BCUT2D eigenvalue weighted by Gasteiger charge is -2.50. The molecule has 0 unspecified atom stereocenters. The molecule has 2 fully saturated rings. The molecule has 2 aliphatic heterocycles. The fraction of sp³-hybridized carbons (Fsp3) is 0.650. The third-order valence-electron chi connectivity index (χ3n) is 5.83. The smallest absolute Gasteiger partial charge is 0.0991 e. The van der Waals surface area contributed by atoms with Crippen LogP contribution in [0.2, 0.25) is 0 Å². The van der Waals surface area contributed by atoms with Crippen LogP contribution in [0.15, 0.2) is 24.3 Å². The van der Waals surface area contributed by atoms with E-state index in [4.69, 9.17) is 10.00 Å². The second-order valence-corrected chi connectivity index (χ2v) is 7.29. The summed E-state index contributed by atoms with van der Waals surface area (Å²) in [6.07, 6.45) is 3.94. The van der Waals surface area contributed by atoms with Gasteiger partial charge in [0.05, 0.1) is 17.7 Å². The van der Waals surface area contributed by atoms with Crippen molar-refractivity contribution in [1.29, 1.82) is 5.26 Å². The minimum Gasteiger partial charge on any atom is -0.378 e. The lowest BCUT2D eigenvalue weighted by molar-refractivity contribution is -0.0814. The van der Waals surface area contributed by atoms with E-state index in [0.29, 0.717) is 11.6 Å². The summed E-state index contributed by atoms with van der Waals surface area (Å²) in [5.41, 5.74) is 2.38. The van der Waals surface area contributed by atoms with Gasteiger partial charge in [-0.1, -0.05) is 19.1 Å². The van der Waals surface area contributed by atoms with Gasteiger partial charge in [-0.2, -0.15) is 5.26 Å². The Hall–Kier alpha value is -1.41. The van der Waals surface area contributed by atoms with Crippen molar-refractivity contribution in [3.63, 3.8) is 0 Å². The molecule has 0 aliphatic carbocycles. The minimum absolute atomic E-state index is 0.345. The molecule has 2 atom stereocenters. The number of piperazine rings is 1. The second kappa shape index (κ2) is 7.65. The van der Waals surface area contributed by atoms with Gasteiger partial charge in [0.25, 0.3) is 0 Å². The highest BCUT2D eigenvalue weighted by Crippen LogP contribution is 2.34. The zero-order valence-electron chi connectivity index (χ0n) is 15.0. The fourth-order valence-electron chi connectivity index (χ4n) is 4.30. The summed E-state index contributed by atoms with van der Waals surface area (Å²) >= 11 is 0. The Morgan fingerprint density at radius 1 is 1.21 bits per heavy atom. The maximum Gasteiger partial charge on any atom is 0.0991 e. The summed E-state index contributed by atoms with van der Waals surface area (Å²) in [7, 11) is 0. The first-order valence-corrected chi connectivity index (χ1v) is 9.23. The molecule has 3 rings (SSSR count). The molecule has 2 saturated heterocycles. The molecule has 4 nitrogen and oxygen atoms in total. The maximum atomic E-state index is 8.89. The van der Waals surface area contributed by atoms with Crippen molar-refractivity contribution in [3.8, 4) is 6.07 Å². The molecule has 0 amide bonds. The molecule has 2 heterocycles. The average molecular weight is 327 g/mol. The Kier molecular flexibility index (Phi) is 5.55. The monoisotopic (exact) mass is 327 g/mol. The van der Waals surface area contributed by atoms with Crippen molar-refractivity contribution in [2.45, 2.75) is 51.3 Å². The summed E-state index contributed by atoms with van der Waals surface area (Å²) < 4.78 is 5.78. The third-order valence-corrected chi connectivity index (χ3v) is 5.83. The standard InChI is InChI=1S/C20H29N3O/c1-3-20(8-13-24-17(2)14-20)23-11-9-22(10-12-23)16-19-6-4-18(15-21)5-7-19/h4-7,17H,3,8-14,16H2,1-2H3/t17-,20+/m0/s1. The largest absolute Gasteiger partial charge is 0.378 e. The fourth-order valence-corrected chi connectivity index (χ4v) is 4.30. The van der Waals surface area contributed by atoms with Crippen LogP contribution in [0.4, 0.5) is 0 Å². The molecule has 2 aliphatic rings. The molecule has 0 spiro atoms. The number of nitrogens with zero attached hydrogens (tertiary/aromatic N) is 3. The predicted octanol–water partition coefficient (Wildman–Crippen LogP) is 3.02. The van der Waals surface area contributed by atoms with Crippen LogP contribution in [0, 0.1) is 11.3 Å². The normalized spacial score (nSPS) is 29.3. The minimum atomic E-state index is 0.345. The van der Waals surface area contributed by atoms with E-state index >= 15 is 0 Å². The van der Waals surface area contributed by atoms with Gasteiger partial charge in [-0.25, -0.2) is 0 Å². The molecule has 1 aromatic carbocycles. The van der Waals surface area contributed by atoms with Crippen molar-refractivity contribution in [3.05, 3.63) is 35.4 Å². The number of nitriles is 1. The number of ether oxygens (including phenoxy) is 1. The highest BCUT2D eigenvalue weighted by Gasteiger charge is 2.40. The zero-order valence-corrected chi connectivity index (χ0v) is 15.0. The van der Waals surface area contributed by atoms with Gasteiger partial charge in [-0.15, -0.1) is 0 Å². The van der Waals surface area contributed by atoms with Crippen molar-refractivity contribution >= 4 is 0 Å². The summed E-state index contributed by atoms with van der Waals surface area (Å²) in [6.45, 7) is 11.0. The Morgan fingerprint density at radius 2 is 1.92 bits per heavy atom. The van der Waals surface area contributed by atoms with Gasteiger partial charge in [0.1, 0.15) is 0 Å². The average Bonchev–Trinajstić information content (AvgIpc) is 2.63. The van der Waals surface area contributed by atoms with E-state index in [1.807, 2.05) is 12.1 Å². The van der Waals surface area contributed by atoms with E-state index in [1.165, 1.54) is 24.8 Å². The van der Waals surface area contributed by atoms with Crippen LogP contribution < -0.4 is 0 Å². The van der Waals surface area contributed by atoms with Crippen molar-refractivity contribution < 1.29 is 4.74 Å². The van der Waals surface area contributed by atoms with Crippen LogP contribution >= 0.6 is 0 Å². The van der Waals surface area contributed by atoms with E-state index in [-0.39, 0.29) is 0 Å². The SMILES string of the molecule is CC[C@@]1(N2CCN(Cc3ccc(C#N)cc3)CC2)CCO[C@@H](C)C1. The Labute approximate surface area is 146 Å². The van der Waals surface area contributed by atoms with E-state index in [0.717, 1.165) is 44.9 Å². The number of hydrogen-bond donors (Lipinski definition) is 0. The summed E-state index contributed by atoms with van der Waals surface area (Å²) in [5, 5.41) is 8.89. The first-order valence-electron chi connectivity index (χ1n) is 9.23. The third kappa shape index (κ3) is 3.80. The molecular formula is C20H29N3O. The molecule has 24 heavy (non-hydrogen) atoms. The van der Waals surface area contributed by atoms with Crippen molar-refractivity contribution in [2.75, 3.05) is 32.8 Å². The van der Waals surface area contributed by atoms with E-state index in [9.17, 15) is 0 Å². The van der Waals surface area contributed by atoms with Crippen molar-refractivity contribution in [2.24, 2.45) is 0 Å². The van der Waals surface area contributed by atoms with Gasteiger partial charge >= 0.3 is 0 Å². The van der Waals surface area contributed by atoms with E-state index in [1.54, 1.807) is 0 Å². The second-order valence-electron chi connectivity index (χ2n) is 7.29. The van der Waals surface area contributed by atoms with Gasteiger partial charge in [-0.3, -0.25) is 9.80 Å². The van der Waals surface area contributed by atoms with Crippen LogP contribution in [0.1, 0.15) is 44.2 Å². The van der Waals surface area contributed by atoms with Crippen LogP contribution in [0.3, 0.4) is 0 Å². The van der Waals surface area contributed by atoms with Crippen LogP contribution in [0.25, 0.3) is 0 Å². The molecular weight excluding hydrogens is 298 g/mol. The lowest BCUT2D eigenvalue weighted by atomic mass is 9.82. The van der Waals surface area contributed by atoms with Crippen molar-refractivity contribution in [1.82, 2.24) is 9.80 Å². The van der Waals surface area contributed by atoms with Gasteiger partial charge in [0.15, 0.2) is 0 Å². The maximum absolute atomic E-state index is 8.89. The highest BCUT2D eigenvalue weighted by atomic mass is 16.5. The molecule has 0 bridgehead atoms. The molecule has 0 radical (unpaired) electrons.